The predicted octanol–water partition coefficient (Wildman–Crippen LogP) is 6.03. The highest BCUT2D eigenvalue weighted by atomic mass is 16.3. The molecule has 0 aromatic heterocycles. The van der Waals surface area contributed by atoms with Crippen molar-refractivity contribution in [2.24, 2.45) is 44.3 Å². The number of rotatable bonds is 1. The normalized spacial score (nSPS) is 55.3. The van der Waals surface area contributed by atoms with Crippen molar-refractivity contribution in [1.29, 1.82) is 0 Å². The summed E-state index contributed by atoms with van der Waals surface area (Å²) in [6.45, 7) is 16.7. The fourth-order valence-electron chi connectivity index (χ4n) is 9.94. The number of hydrogen-bond acceptors (Lipinski definition) is 3. The van der Waals surface area contributed by atoms with E-state index in [2.05, 4.69) is 60.6 Å². The topological polar surface area (TPSA) is 60.7 Å². The van der Waals surface area contributed by atoms with Crippen molar-refractivity contribution in [2.75, 3.05) is 6.61 Å². The molecule has 3 nitrogen and oxygen atoms in total. The van der Waals surface area contributed by atoms with Crippen LogP contribution < -0.4 is 0 Å². The molecule has 0 heterocycles. The number of hydrogen-bond donors (Lipinski definition) is 3. The molecule has 3 N–H and O–H groups in total. The molecule has 0 aromatic carbocycles. The average molecular weight is 457 g/mol. The molecular weight excluding hydrogens is 408 g/mol. The summed E-state index contributed by atoms with van der Waals surface area (Å²) in [5.74, 6) is 0.935. The molecule has 5 rings (SSSR count). The first kappa shape index (κ1) is 24.1. The lowest BCUT2D eigenvalue weighted by atomic mass is 9.36. The van der Waals surface area contributed by atoms with E-state index in [1.165, 1.54) is 19.3 Å². The Labute approximate surface area is 201 Å². The van der Waals surface area contributed by atoms with Crippen molar-refractivity contribution < 1.29 is 15.3 Å². The fourth-order valence-corrected chi connectivity index (χ4v) is 9.94. The van der Waals surface area contributed by atoms with Crippen molar-refractivity contribution in [3.05, 3.63) is 23.3 Å². The highest BCUT2D eigenvalue weighted by Crippen LogP contribution is 2.74. The molecule has 3 heteroatoms. The minimum absolute atomic E-state index is 0.0480. The van der Waals surface area contributed by atoms with Crippen molar-refractivity contribution >= 4 is 0 Å². The first-order chi connectivity index (χ1) is 15.2. The monoisotopic (exact) mass is 456 g/mol. The fraction of sp³-hybridized carbons (Fsp3) is 0.867. The zero-order valence-corrected chi connectivity index (χ0v) is 22.2. The van der Waals surface area contributed by atoms with E-state index in [-0.39, 0.29) is 39.8 Å². The van der Waals surface area contributed by atoms with E-state index in [1.807, 2.05) is 0 Å². The second-order valence-electron chi connectivity index (χ2n) is 14.7. The maximum atomic E-state index is 11.0. The first-order valence-corrected chi connectivity index (χ1v) is 13.6. The van der Waals surface area contributed by atoms with Crippen LogP contribution in [0.2, 0.25) is 0 Å². The second kappa shape index (κ2) is 6.98. The van der Waals surface area contributed by atoms with Gasteiger partial charge >= 0.3 is 0 Å². The molecular formula is C30H48O3. The smallest absolute Gasteiger partial charge is 0.0621 e. The van der Waals surface area contributed by atoms with Crippen molar-refractivity contribution in [3.8, 4) is 0 Å². The van der Waals surface area contributed by atoms with Gasteiger partial charge in [-0.05, 0) is 90.3 Å². The molecule has 186 valence electrons. The predicted molar refractivity (Wildman–Crippen MR) is 133 cm³/mol. The lowest BCUT2D eigenvalue weighted by Gasteiger charge is -2.69. The van der Waals surface area contributed by atoms with Crippen molar-refractivity contribution in [3.63, 3.8) is 0 Å². The summed E-state index contributed by atoms with van der Waals surface area (Å²) in [4.78, 5) is 0. The van der Waals surface area contributed by atoms with E-state index >= 15 is 0 Å². The molecule has 0 spiro atoms. The Morgan fingerprint density at radius 2 is 1.48 bits per heavy atom. The number of allylic oxidation sites excluding steroid dienone is 4. The number of aliphatic hydroxyl groups is 3. The molecule has 0 aromatic rings. The van der Waals surface area contributed by atoms with Gasteiger partial charge in [0.2, 0.25) is 0 Å². The van der Waals surface area contributed by atoms with Gasteiger partial charge in [0.05, 0.1) is 18.8 Å². The maximum absolute atomic E-state index is 11.0. The van der Waals surface area contributed by atoms with E-state index in [0.29, 0.717) is 11.8 Å². The molecule has 0 radical (unpaired) electrons. The average Bonchev–Trinajstić information content (AvgIpc) is 2.73. The lowest BCUT2D eigenvalue weighted by molar-refractivity contribution is -0.138. The second-order valence-corrected chi connectivity index (χ2v) is 14.7. The maximum Gasteiger partial charge on any atom is 0.0621 e. The van der Waals surface area contributed by atoms with Gasteiger partial charge in [0.25, 0.3) is 0 Å². The minimum Gasteiger partial charge on any atom is -0.396 e. The van der Waals surface area contributed by atoms with Crippen LogP contribution >= 0.6 is 0 Å². The van der Waals surface area contributed by atoms with Crippen LogP contribution in [0.25, 0.3) is 0 Å². The Bertz CT molecular complexity index is 902. The minimum atomic E-state index is -0.427. The number of fused-ring (bicyclic) bond motifs is 7. The van der Waals surface area contributed by atoms with E-state index in [1.54, 1.807) is 11.1 Å². The van der Waals surface area contributed by atoms with Gasteiger partial charge in [0, 0.05) is 5.41 Å². The Morgan fingerprint density at radius 1 is 0.788 bits per heavy atom. The van der Waals surface area contributed by atoms with E-state index in [0.717, 1.165) is 32.1 Å². The van der Waals surface area contributed by atoms with Crippen LogP contribution in [0.15, 0.2) is 23.3 Å². The van der Waals surface area contributed by atoms with Gasteiger partial charge in [-0.2, -0.15) is 0 Å². The summed E-state index contributed by atoms with van der Waals surface area (Å²) in [5, 5.41) is 32.0. The van der Waals surface area contributed by atoms with Gasteiger partial charge in [-0.25, -0.2) is 0 Å². The van der Waals surface area contributed by atoms with Crippen LogP contribution in [0.1, 0.15) is 99.8 Å². The quantitative estimate of drug-likeness (QED) is 0.451. The van der Waals surface area contributed by atoms with Crippen LogP contribution in [-0.4, -0.2) is 34.1 Å². The van der Waals surface area contributed by atoms with E-state index in [9.17, 15) is 15.3 Å². The Morgan fingerprint density at radius 3 is 2.15 bits per heavy atom. The molecule has 0 amide bonds. The molecule has 0 unspecified atom stereocenters. The summed E-state index contributed by atoms with van der Waals surface area (Å²) in [6.07, 6.45) is 12.7. The van der Waals surface area contributed by atoms with E-state index < -0.39 is 11.5 Å². The van der Waals surface area contributed by atoms with Crippen LogP contribution in [-0.2, 0) is 0 Å². The van der Waals surface area contributed by atoms with Crippen molar-refractivity contribution in [2.45, 2.75) is 112 Å². The molecule has 9 atom stereocenters. The third-order valence-corrected chi connectivity index (χ3v) is 12.8. The Balaban J connectivity index is 1.62. The molecule has 5 aliphatic carbocycles. The van der Waals surface area contributed by atoms with Crippen LogP contribution in [0, 0.1) is 44.3 Å². The van der Waals surface area contributed by atoms with Gasteiger partial charge in [0.1, 0.15) is 0 Å². The van der Waals surface area contributed by atoms with Gasteiger partial charge in [-0.3, -0.25) is 0 Å². The summed E-state index contributed by atoms with van der Waals surface area (Å²) >= 11 is 0. The van der Waals surface area contributed by atoms with Gasteiger partial charge in [0.15, 0.2) is 0 Å². The standard InChI is InChI=1S/C30H48O3/c1-25(2)21-10-13-30(7)22(28(21,5)12-11-23(25)32)9-8-19-20-16-27(4,18-31)24(33)17-26(20,3)14-15-29(19,30)6/h8-9,20-21,23-24,31-33H,10-18H2,1-7H3/t20-,21-,23-,24+,26-,27+,28-,29+,30+/m0/s1. The van der Waals surface area contributed by atoms with Crippen molar-refractivity contribution in [1.82, 2.24) is 0 Å². The third-order valence-electron chi connectivity index (χ3n) is 12.8. The molecule has 5 aliphatic rings. The lowest BCUT2D eigenvalue weighted by Crippen LogP contribution is -2.61. The van der Waals surface area contributed by atoms with Crippen LogP contribution in [0.5, 0.6) is 0 Å². The molecule has 0 saturated heterocycles. The highest BCUT2D eigenvalue weighted by Gasteiger charge is 2.66. The van der Waals surface area contributed by atoms with Crippen LogP contribution in [0.3, 0.4) is 0 Å². The zero-order chi connectivity index (χ0) is 24.2. The Hall–Kier alpha value is -0.640. The summed E-state index contributed by atoms with van der Waals surface area (Å²) in [6, 6.07) is 0. The van der Waals surface area contributed by atoms with E-state index in [4.69, 9.17) is 0 Å². The van der Waals surface area contributed by atoms with Gasteiger partial charge in [-0.15, -0.1) is 0 Å². The molecule has 4 fully saturated rings. The molecule has 0 aliphatic heterocycles. The SMILES string of the molecule is CC1(C)[C@@H](O)CC[C@]2(C)C3=CC=C4[C@@H]5C[C@](C)(CO)[C@H](O)C[C@]5(C)CC[C@@]4(C)[C@]3(C)CC[C@@H]12. The van der Waals surface area contributed by atoms with Gasteiger partial charge < -0.3 is 15.3 Å². The first-order valence-electron chi connectivity index (χ1n) is 13.6. The summed E-state index contributed by atoms with van der Waals surface area (Å²) in [5.41, 5.74) is 3.27. The molecule has 4 saturated carbocycles. The largest absolute Gasteiger partial charge is 0.396 e. The number of aliphatic hydroxyl groups excluding tert-OH is 3. The molecule has 33 heavy (non-hydrogen) atoms. The summed E-state index contributed by atoms with van der Waals surface area (Å²) < 4.78 is 0. The Kier molecular flexibility index (Phi) is 5.09. The summed E-state index contributed by atoms with van der Waals surface area (Å²) in [7, 11) is 0. The third kappa shape index (κ3) is 2.85. The zero-order valence-electron chi connectivity index (χ0n) is 22.2. The van der Waals surface area contributed by atoms with Crippen LogP contribution in [0.4, 0.5) is 0 Å². The molecule has 0 bridgehead atoms. The highest BCUT2D eigenvalue weighted by molar-refractivity contribution is 5.45. The van der Waals surface area contributed by atoms with Gasteiger partial charge in [-0.1, -0.05) is 71.8 Å².